The molecule has 0 aliphatic rings. The van der Waals surface area contributed by atoms with Gasteiger partial charge >= 0.3 is 0 Å². The van der Waals surface area contributed by atoms with Crippen molar-refractivity contribution in [3.8, 4) is 0 Å². The SMILES string of the molecule is COCC(CN)(OC(C)C)C(C)C. The van der Waals surface area contributed by atoms with Gasteiger partial charge in [0.2, 0.25) is 0 Å². The van der Waals surface area contributed by atoms with Gasteiger partial charge < -0.3 is 15.2 Å². The van der Waals surface area contributed by atoms with Crippen LogP contribution < -0.4 is 5.73 Å². The van der Waals surface area contributed by atoms with E-state index in [2.05, 4.69) is 13.8 Å². The Morgan fingerprint density at radius 1 is 1.23 bits per heavy atom. The first-order valence-electron chi connectivity index (χ1n) is 4.85. The summed E-state index contributed by atoms with van der Waals surface area (Å²) in [5.41, 5.74) is 5.41. The highest BCUT2D eigenvalue weighted by molar-refractivity contribution is 4.85. The van der Waals surface area contributed by atoms with Gasteiger partial charge in [0, 0.05) is 13.7 Å². The van der Waals surface area contributed by atoms with E-state index < -0.39 is 0 Å². The van der Waals surface area contributed by atoms with E-state index in [1.54, 1.807) is 7.11 Å². The zero-order valence-corrected chi connectivity index (χ0v) is 9.46. The lowest BCUT2D eigenvalue weighted by atomic mass is 9.90. The molecule has 0 heterocycles. The zero-order chi connectivity index (χ0) is 10.5. The average molecular weight is 189 g/mol. The standard InChI is InChI=1S/C10H23NO2/c1-8(2)10(6-11,7-12-5)13-9(3)4/h8-9H,6-7,11H2,1-5H3. The highest BCUT2D eigenvalue weighted by atomic mass is 16.5. The van der Waals surface area contributed by atoms with Crippen molar-refractivity contribution in [2.24, 2.45) is 11.7 Å². The summed E-state index contributed by atoms with van der Waals surface area (Å²) in [5.74, 6) is 0.361. The summed E-state index contributed by atoms with van der Waals surface area (Å²) in [6, 6.07) is 0. The van der Waals surface area contributed by atoms with Crippen LogP contribution in [-0.4, -0.2) is 32.0 Å². The topological polar surface area (TPSA) is 44.5 Å². The normalized spacial score (nSPS) is 16.6. The quantitative estimate of drug-likeness (QED) is 0.687. The summed E-state index contributed by atoms with van der Waals surface area (Å²) in [6.45, 7) is 9.30. The number of methoxy groups -OCH3 is 1. The van der Waals surface area contributed by atoms with Crippen LogP contribution in [0.25, 0.3) is 0 Å². The summed E-state index contributed by atoms with van der Waals surface area (Å²) in [5, 5.41) is 0. The van der Waals surface area contributed by atoms with Crippen molar-refractivity contribution in [2.75, 3.05) is 20.3 Å². The first-order chi connectivity index (χ1) is 5.98. The molecule has 0 saturated carbocycles. The molecular formula is C10H23NO2. The molecule has 80 valence electrons. The molecule has 3 nitrogen and oxygen atoms in total. The summed E-state index contributed by atoms with van der Waals surface area (Å²) < 4.78 is 11.0. The van der Waals surface area contributed by atoms with Gasteiger partial charge in [-0.25, -0.2) is 0 Å². The Bertz CT molecular complexity index is 137. The molecule has 1 unspecified atom stereocenters. The van der Waals surface area contributed by atoms with Crippen molar-refractivity contribution in [1.82, 2.24) is 0 Å². The van der Waals surface area contributed by atoms with Gasteiger partial charge in [0.15, 0.2) is 0 Å². The number of rotatable bonds is 6. The van der Waals surface area contributed by atoms with Gasteiger partial charge in [0.1, 0.15) is 5.60 Å². The van der Waals surface area contributed by atoms with E-state index in [4.69, 9.17) is 15.2 Å². The van der Waals surface area contributed by atoms with Crippen molar-refractivity contribution in [3.05, 3.63) is 0 Å². The minimum absolute atomic E-state index is 0.182. The second-order valence-corrected chi connectivity index (χ2v) is 4.02. The molecule has 0 aliphatic carbocycles. The number of hydrogen-bond acceptors (Lipinski definition) is 3. The smallest absolute Gasteiger partial charge is 0.106 e. The Kier molecular flexibility index (Phi) is 5.53. The second kappa shape index (κ2) is 5.58. The van der Waals surface area contributed by atoms with E-state index in [0.29, 0.717) is 19.1 Å². The maximum Gasteiger partial charge on any atom is 0.106 e. The third-order valence-electron chi connectivity index (χ3n) is 2.26. The van der Waals surface area contributed by atoms with Crippen molar-refractivity contribution >= 4 is 0 Å². The fraction of sp³-hybridized carbons (Fsp3) is 1.00. The van der Waals surface area contributed by atoms with Crippen molar-refractivity contribution in [1.29, 1.82) is 0 Å². The Balaban J connectivity index is 4.44. The molecule has 0 saturated heterocycles. The molecule has 1 atom stereocenters. The minimum Gasteiger partial charge on any atom is -0.382 e. The van der Waals surface area contributed by atoms with E-state index in [-0.39, 0.29) is 11.7 Å². The van der Waals surface area contributed by atoms with Gasteiger partial charge in [-0.15, -0.1) is 0 Å². The van der Waals surface area contributed by atoms with E-state index >= 15 is 0 Å². The second-order valence-electron chi connectivity index (χ2n) is 4.02. The predicted molar refractivity (Wildman–Crippen MR) is 54.7 cm³/mol. The monoisotopic (exact) mass is 189 g/mol. The summed E-state index contributed by atoms with van der Waals surface area (Å²) in [6.07, 6.45) is 0.182. The van der Waals surface area contributed by atoms with E-state index in [1.165, 1.54) is 0 Å². The van der Waals surface area contributed by atoms with Crippen LogP contribution in [-0.2, 0) is 9.47 Å². The molecule has 0 spiro atoms. The lowest BCUT2D eigenvalue weighted by Crippen LogP contribution is -2.50. The van der Waals surface area contributed by atoms with Crippen molar-refractivity contribution < 1.29 is 9.47 Å². The average Bonchev–Trinajstić information content (AvgIpc) is 2.02. The van der Waals surface area contributed by atoms with Gasteiger partial charge in [0.05, 0.1) is 12.7 Å². The largest absolute Gasteiger partial charge is 0.382 e. The molecule has 0 radical (unpaired) electrons. The van der Waals surface area contributed by atoms with E-state index in [1.807, 2.05) is 13.8 Å². The van der Waals surface area contributed by atoms with Crippen LogP contribution in [0.3, 0.4) is 0 Å². The summed E-state index contributed by atoms with van der Waals surface area (Å²) in [4.78, 5) is 0. The molecule has 2 N–H and O–H groups in total. The lowest BCUT2D eigenvalue weighted by Gasteiger charge is -2.37. The fourth-order valence-electron chi connectivity index (χ4n) is 1.39. The first kappa shape index (κ1) is 12.9. The van der Waals surface area contributed by atoms with Crippen LogP contribution >= 0.6 is 0 Å². The highest BCUT2D eigenvalue weighted by Crippen LogP contribution is 2.23. The molecule has 0 aromatic rings. The first-order valence-corrected chi connectivity index (χ1v) is 4.85. The van der Waals surface area contributed by atoms with Gasteiger partial charge in [-0.05, 0) is 19.8 Å². The summed E-state index contributed by atoms with van der Waals surface area (Å²) in [7, 11) is 1.68. The van der Waals surface area contributed by atoms with E-state index in [0.717, 1.165) is 0 Å². The van der Waals surface area contributed by atoms with Crippen molar-refractivity contribution in [3.63, 3.8) is 0 Å². The zero-order valence-electron chi connectivity index (χ0n) is 9.46. The molecule has 0 amide bonds. The molecule has 0 bridgehead atoms. The predicted octanol–water partition coefficient (Wildman–Crippen LogP) is 1.41. The van der Waals surface area contributed by atoms with Crippen LogP contribution in [0.15, 0.2) is 0 Å². The molecule has 0 fully saturated rings. The number of nitrogens with two attached hydrogens (primary N) is 1. The maximum atomic E-state index is 5.84. The molecule has 3 heteroatoms. The molecule has 0 rings (SSSR count). The Labute approximate surface area is 81.6 Å². The molecule has 0 aromatic carbocycles. The Morgan fingerprint density at radius 3 is 2.00 bits per heavy atom. The molecule has 0 aromatic heterocycles. The van der Waals surface area contributed by atoms with Gasteiger partial charge in [-0.3, -0.25) is 0 Å². The van der Waals surface area contributed by atoms with Crippen LogP contribution in [0.4, 0.5) is 0 Å². The van der Waals surface area contributed by atoms with Gasteiger partial charge in [0.25, 0.3) is 0 Å². The minimum atomic E-state index is -0.330. The van der Waals surface area contributed by atoms with Crippen LogP contribution in [0.1, 0.15) is 27.7 Å². The van der Waals surface area contributed by atoms with Crippen LogP contribution in [0.5, 0.6) is 0 Å². The third kappa shape index (κ3) is 3.63. The third-order valence-corrected chi connectivity index (χ3v) is 2.26. The van der Waals surface area contributed by atoms with E-state index in [9.17, 15) is 0 Å². The number of ether oxygens (including phenoxy) is 2. The van der Waals surface area contributed by atoms with Crippen LogP contribution in [0, 0.1) is 5.92 Å². The number of hydrogen-bond donors (Lipinski definition) is 1. The molecule has 13 heavy (non-hydrogen) atoms. The Morgan fingerprint density at radius 2 is 1.77 bits per heavy atom. The van der Waals surface area contributed by atoms with Gasteiger partial charge in [-0.2, -0.15) is 0 Å². The van der Waals surface area contributed by atoms with Crippen molar-refractivity contribution in [2.45, 2.75) is 39.4 Å². The molecular weight excluding hydrogens is 166 g/mol. The lowest BCUT2D eigenvalue weighted by molar-refractivity contribution is -0.135. The fourth-order valence-corrected chi connectivity index (χ4v) is 1.39. The highest BCUT2D eigenvalue weighted by Gasteiger charge is 2.34. The van der Waals surface area contributed by atoms with Crippen LogP contribution in [0.2, 0.25) is 0 Å². The summed E-state index contributed by atoms with van der Waals surface area (Å²) >= 11 is 0. The maximum absolute atomic E-state index is 5.84. The molecule has 0 aliphatic heterocycles. The Hall–Kier alpha value is -0.120. The van der Waals surface area contributed by atoms with Gasteiger partial charge in [-0.1, -0.05) is 13.8 Å².